The molecule has 3 atom stereocenters. The third-order valence-electron chi connectivity index (χ3n) is 4.40. The number of hydrogen-bond donors (Lipinski definition) is 4. The second-order valence-electron chi connectivity index (χ2n) is 8.27. The monoisotopic (exact) mass is 391 g/mol. The van der Waals surface area contributed by atoms with Crippen molar-refractivity contribution in [1.29, 1.82) is 0 Å². The molecule has 2 amide bonds. The first-order chi connectivity index (χ1) is 13.2. The van der Waals surface area contributed by atoms with Gasteiger partial charge >= 0.3 is 0 Å². The van der Waals surface area contributed by atoms with Crippen LogP contribution in [0.5, 0.6) is 0 Å². The average molecular weight is 392 g/mol. The molecule has 1 aliphatic carbocycles. The van der Waals surface area contributed by atoms with Gasteiger partial charge in [-0.25, -0.2) is 0 Å². The van der Waals surface area contributed by atoms with Gasteiger partial charge in [0.05, 0.1) is 12.1 Å². The predicted octanol–water partition coefficient (Wildman–Crippen LogP) is 2.14. The standard InChI is InChI=1S/C20H31N3O3.C2H6/c1-20(2,3)23-19(26)17(24)16(12-13-7-5-4-6-8-13)22-18(25)15(21)11-14-9-10-14;1-2/h4-8,14-17,24H,9-12,21H2,1-3H3,(H,22,25)(H,23,26);1-2H3. The van der Waals surface area contributed by atoms with E-state index >= 15 is 0 Å². The van der Waals surface area contributed by atoms with Gasteiger partial charge in [0, 0.05) is 5.54 Å². The van der Waals surface area contributed by atoms with Crippen molar-refractivity contribution < 1.29 is 14.7 Å². The maximum atomic E-state index is 12.4. The Balaban J connectivity index is 0.00000190. The van der Waals surface area contributed by atoms with Crippen LogP contribution in [0.2, 0.25) is 0 Å². The fourth-order valence-corrected chi connectivity index (χ4v) is 2.85. The van der Waals surface area contributed by atoms with E-state index in [0.717, 1.165) is 18.4 Å². The van der Waals surface area contributed by atoms with Crippen molar-refractivity contribution in [3.63, 3.8) is 0 Å². The number of rotatable bonds is 8. The molecule has 5 N–H and O–H groups in total. The molecular formula is C22H37N3O3. The Morgan fingerprint density at radius 1 is 1.14 bits per heavy atom. The molecule has 0 aromatic heterocycles. The summed E-state index contributed by atoms with van der Waals surface area (Å²) in [6.07, 6.45) is 1.87. The van der Waals surface area contributed by atoms with Gasteiger partial charge in [0.1, 0.15) is 0 Å². The molecule has 158 valence electrons. The van der Waals surface area contributed by atoms with Crippen molar-refractivity contribution in [1.82, 2.24) is 10.6 Å². The molecule has 2 rings (SSSR count). The van der Waals surface area contributed by atoms with Crippen LogP contribution in [0.4, 0.5) is 0 Å². The van der Waals surface area contributed by atoms with E-state index in [1.165, 1.54) is 0 Å². The SMILES string of the molecule is CC.CC(C)(C)NC(=O)C(O)C(Cc1ccccc1)NC(=O)C(N)CC1CC1. The lowest BCUT2D eigenvalue weighted by Crippen LogP contribution is -2.57. The largest absolute Gasteiger partial charge is 0.381 e. The van der Waals surface area contributed by atoms with Gasteiger partial charge in [-0.05, 0) is 45.1 Å². The first-order valence-electron chi connectivity index (χ1n) is 10.3. The Morgan fingerprint density at radius 3 is 2.21 bits per heavy atom. The molecule has 1 aromatic carbocycles. The minimum atomic E-state index is -1.36. The number of aliphatic hydroxyl groups excluding tert-OH is 1. The topological polar surface area (TPSA) is 104 Å². The maximum absolute atomic E-state index is 12.4. The first kappa shape index (κ1) is 24.1. The highest BCUT2D eigenvalue weighted by Crippen LogP contribution is 2.33. The van der Waals surface area contributed by atoms with Gasteiger partial charge in [0.15, 0.2) is 6.10 Å². The highest BCUT2D eigenvalue weighted by Gasteiger charge is 2.32. The highest BCUT2D eigenvalue weighted by atomic mass is 16.3. The number of benzene rings is 1. The molecular weight excluding hydrogens is 354 g/mol. The molecule has 6 heteroatoms. The van der Waals surface area contributed by atoms with Gasteiger partial charge in [-0.1, -0.05) is 57.0 Å². The van der Waals surface area contributed by atoms with E-state index in [0.29, 0.717) is 18.8 Å². The van der Waals surface area contributed by atoms with Crippen molar-refractivity contribution in [2.75, 3.05) is 0 Å². The van der Waals surface area contributed by atoms with E-state index in [4.69, 9.17) is 5.73 Å². The minimum absolute atomic E-state index is 0.319. The zero-order valence-corrected chi connectivity index (χ0v) is 17.9. The molecule has 28 heavy (non-hydrogen) atoms. The smallest absolute Gasteiger partial charge is 0.251 e. The summed E-state index contributed by atoms with van der Waals surface area (Å²) in [6.45, 7) is 9.52. The number of carbonyl (C=O) groups excluding carboxylic acids is 2. The van der Waals surface area contributed by atoms with Crippen molar-refractivity contribution in [2.24, 2.45) is 11.7 Å². The number of nitrogens with one attached hydrogen (secondary N) is 2. The van der Waals surface area contributed by atoms with Gasteiger partial charge in [-0.2, -0.15) is 0 Å². The van der Waals surface area contributed by atoms with Crippen LogP contribution in [0.1, 0.15) is 59.4 Å². The van der Waals surface area contributed by atoms with E-state index in [1.807, 2.05) is 65.0 Å². The Hall–Kier alpha value is -1.92. The number of aliphatic hydroxyl groups is 1. The van der Waals surface area contributed by atoms with Gasteiger partial charge in [-0.3, -0.25) is 9.59 Å². The Labute approximate surface area is 169 Å². The van der Waals surface area contributed by atoms with Gasteiger partial charge in [-0.15, -0.1) is 0 Å². The lowest BCUT2D eigenvalue weighted by Gasteiger charge is -2.28. The van der Waals surface area contributed by atoms with Crippen LogP contribution in [0.15, 0.2) is 30.3 Å². The highest BCUT2D eigenvalue weighted by molar-refractivity contribution is 5.85. The summed E-state index contributed by atoms with van der Waals surface area (Å²) in [7, 11) is 0. The molecule has 0 bridgehead atoms. The van der Waals surface area contributed by atoms with Gasteiger partial charge in [0.2, 0.25) is 5.91 Å². The maximum Gasteiger partial charge on any atom is 0.251 e. The third-order valence-corrected chi connectivity index (χ3v) is 4.40. The molecule has 0 radical (unpaired) electrons. The first-order valence-corrected chi connectivity index (χ1v) is 10.3. The summed E-state index contributed by atoms with van der Waals surface area (Å²) in [4.78, 5) is 24.8. The van der Waals surface area contributed by atoms with Crippen molar-refractivity contribution in [3.8, 4) is 0 Å². The minimum Gasteiger partial charge on any atom is -0.381 e. The van der Waals surface area contributed by atoms with Crippen LogP contribution in [0.3, 0.4) is 0 Å². The lowest BCUT2D eigenvalue weighted by atomic mass is 9.98. The van der Waals surface area contributed by atoms with Crippen molar-refractivity contribution in [3.05, 3.63) is 35.9 Å². The summed E-state index contributed by atoms with van der Waals surface area (Å²) in [5, 5.41) is 16.1. The summed E-state index contributed by atoms with van der Waals surface area (Å²) < 4.78 is 0. The Bertz CT molecular complexity index is 609. The van der Waals surface area contributed by atoms with Crippen LogP contribution in [-0.4, -0.2) is 40.6 Å². The molecule has 1 aliphatic rings. The molecule has 0 spiro atoms. The molecule has 6 nitrogen and oxygen atoms in total. The number of nitrogens with two attached hydrogens (primary N) is 1. The fraction of sp³-hybridized carbons (Fsp3) is 0.636. The number of hydrogen-bond acceptors (Lipinski definition) is 4. The second kappa shape index (κ2) is 11.2. The lowest BCUT2D eigenvalue weighted by molar-refractivity contribution is -0.133. The van der Waals surface area contributed by atoms with E-state index < -0.39 is 29.6 Å². The van der Waals surface area contributed by atoms with Gasteiger partial charge < -0.3 is 21.5 Å². The predicted molar refractivity (Wildman–Crippen MR) is 113 cm³/mol. The zero-order valence-electron chi connectivity index (χ0n) is 17.9. The second-order valence-corrected chi connectivity index (χ2v) is 8.27. The van der Waals surface area contributed by atoms with Crippen LogP contribution >= 0.6 is 0 Å². The number of amides is 2. The van der Waals surface area contributed by atoms with E-state index in [1.54, 1.807) is 0 Å². The van der Waals surface area contributed by atoms with Gasteiger partial charge in [0.25, 0.3) is 5.91 Å². The van der Waals surface area contributed by atoms with Crippen LogP contribution < -0.4 is 16.4 Å². The van der Waals surface area contributed by atoms with Crippen molar-refractivity contribution in [2.45, 2.75) is 84.0 Å². The average Bonchev–Trinajstić information content (AvgIpc) is 3.45. The van der Waals surface area contributed by atoms with E-state index in [9.17, 15) is 14.7 Å². The molecule has 1 fully saturated rings. The van der Waals surface area contributed by atoms with Crippen LogP contribution in [0.25, 0.3) is 0 Å². The fourth-order valence-electron chi connectivity index (χ4n) is 2.85. The summed E-state index contributed by atoms with van der Waals surface area (Å²) in [5.41, 5.74) is 6.44. The number of carbonyl (C=O) groups is 2. The summed E-state index contributed by atoms with van der Waals surface area (Å²) >= 11 is 0. The quantitative estimate of drug-likeness (QED) is 0.545. The molecule has 0 aliphatic heterocycles. The normalized spacial score (nSPS) is 16.8. The molecule has 3 unspecified atom stereocenters. The molecule has 0 heterocycles. The van der Waals surface area contributed by atoms with E-state index in [-0.39, 0.29) is 5.91 Å². The molecule has 1 aromatic rings. The Morgan fingerprint density at radius 2 is 1.71 bits per heavy atom. The summed E-state index contributed by atoms with van der Waals surface area (Å²) in [5.74, 6) is -0.299. The molecule has 1 saturated carbocycles. The van der Waals surface area contributed by atoms with E-state index in [2.05, 4.69) is 10.6 Å². The van der Waals surface area contributed by atoms with Crippen LogP contribution in [0, 0.1) is 5.92 Å². The third kappa shape index (κ3) is 8.85. The zero-order chi connectivity index (χ0) is 21.3. The van der Waals surface area contributed by atoms with Crippen molar-refractivity contribution >= 4 is 11.8 Å². The Kier molecular flexibility index (Phi) is 9.62. The summed E-state index contributed by atoms with van der Waals surface area (Å²) in [6, 6.07) is 8.11. The van der Waals surface area contributed by atoms with Crippen LogP contribution in [-0.2, 0) is 16.0 Å². The molecule has 0 saturated heterocycles.